The topological polar surface area (TPSA) is 84.8 Å². The highest BCUT2D eigenvalue weighted by atomic mass is 32.2. The van der Waals surface area contributed by atoms with Crippen LogP contribution in [0.15, 0.2) is 60.0 Å². The molecule has 1 atom stereocenters. The van der Waals surface area contributed by atoms with Gasteiger partial charge in [-0.15, -0.1) is 0 Å². The van der Waals surface area contributed by atoms with Crippen molar-refractivity contribution in [2.24, 2.45) is 5.10 Å². The Bertz CT molecular complexity index is 1140. The quantitative estimate of drug-likeness (QED) is 0.693. The molecule has 0 unspecified atom stereocenters. The molecular weight excluding hydrogens is 364 g/mol. The fourth-order valence-electron chi connectivity index (χ4n) is 3.28. The van der Waals surface area contributed by atoms with Crippen molar-refractivity contribution in [2.45, 2.75) is 12.5 Å². The number of benzene rings is 2. The molecule has 3 aromatic rings. The van der Waals surface area contributed by atoms with E-state index in [2.05, 4.69) is 15.1 Å². The highest BCUT2D eigenvalue weighted by molar-refractivity contribution is 7.88. The van der Waals surface area contributed by atoms with Gasteiger partial charge in [-0.1, -0.05) is 18.2 Å². The third-order valence-electron chi connectivity index (χ3n) is 4.51. The fourth-order valence-corrected chi connectivity index (χ4v) is 4.18. The maximum atomic E-state index is 12.4. The number of fused-ring (bicyclic) bond motifs is 1. The lowest BCUT2D eigenvalue weighted by Crippen LogP contribution is -2.25. The van der Waals surface area contributed by atoms with E-state index >= 15 is 0 Å². The van der Waals surface area contributed by atoms with Crippen molar-refractivity contribution >= 4 is 26.8 Å². The summed E-state index contributed by atoms with van der Waals surface area (Å²) in [5.41, 5.74) is 3.76. The zero-order valence-electron chi connectivity index (χ0n) is 14.9. The van der Waals surface area contributed by atoms with E-state index < -0.39 is 16.1 Å². The van der Waals surface area contributed by atoms with Gasteiger partial charge in [0.25, 0.3) is 0 Å². The Morgan fingerprint density at radius 3 is 2.56 bits per heavy atom. The van der Waals surface area contributed by atoms with E-state index in [1.54, 1.807) is 19.5 Å². The van der Waals surface area contributed by atoms with E-state index in [1.165, 1.54) is 4.41 Å². The van der Waals surface area contributed by atoms with Crippen LogP contribution in [0.5, 0.6) is 5.75 Å². The fraction of sp³-hybridized carbons (Fsp3) is 0.211. The Labute approximate surface area is 157 Å². The summed E-state index contributed by atoms with van der Waals surface area (Å²) in [4.78, 5) is 8.58. The summed E-state index contributed by atoms with van der Waals surface area (Å²) in [5.74, 6) is 0.662. The van der Waals surface area contributed by atoms with Crippen LogP contribution < -0.4 is 4.74 Å². The number of ether oxygens (including phenoxy) is 1. The lowest BCUT2D eigenvalue weighted by molar-refractivity contribution is 0.375. The van der Waals surface area contributed by atoms with E-state index in [1.807, 2.05) is 42.5 Å². The molecule has 0 aliphatic carbocycles. The van der Waals surface area contributed by atoms with Crippen molar-refractivity contribution in [1.82, 2.24) is 14.4 Å². The lowest BCUT2D eigenvalue weighted by atomic mass is 9.98. The number of methoxy groups -OCH3 is 1. The second kappa shape index (κ2) is 6.62. The van der Waals surface area contributed by atoms with Crippen LogP contribution >= 0.6 is 0 Å². The molecule has 0 spiro atoms. The van der Waals surface area contributed by atoms with Gasteiger partial charge in [-0.05, 0) is 29.8 Å². The maximum absolute atomic E-state index is 12.4. The van der Waals surface area contributed by atoms with Crippen molar-refractivity contribution in [1.29, 1.82) is 0 Å². The van der Waals surface area contributed by atoms with Crippen LogP contribution in [0, 0.1) is 0 Å². The second-order valence-corrected chi connectivity index (χ2v) is 8.15. The number of nitrogens with zero attached hydrogens (tertiary/aromatic N) is 4. The smallest absolute Gasteiger partial charge is 0.247 e. The van der Waals surface area contributed by atoms with Crippen molar-refractivity contribution in [3.8, 4) is 5.75 Å². The number of sulfonamides is 1. The molecule has 0 N–H and O–H groups in total. The van der Waals surface area contributed by atoms with E-state index in [-0.39, 0.29) is 0 Å². The average Bonchev–Trinajstić information content (AvgIpc) is 3.13. The third kappa shape index (κ3) is 3.23. The molecule has 1 aromatic heterocycles. The second-order valence-electron chi connectivity index (χ2n) is 6.31. The van der Waals surface area contributed by atoms with E-state index in [0.29, 0.717) is 23.4 Å². The zero-order chi connectivity index (χ0) is 19.0. The SMILES string of the molecule is COc1ccccc1C1=NN(S(C)(=O)=O)[C@@H](c2ccc3nccnc3c2)C1. The summed E-state index contributed by atoms with van der Waals surface area (Å²) in [6.07, 6.45) is 4.85. The molecule has 138 valence electrons. The van der Waals surface area contributed by atoms with Crippen molar-refractivity contribution in [2.75, 3.05) is 13.4 Å². The lowest BCUT2D eigenvalue weighted by Gasteiger charge is -2.21. The summed E-state index contributed by atoms with van der Waals surface area (Å²) in [5, 5.41) is 4.42. The van der Waals surface area contributed by atoms with Gasteiger partial charge in [-0.25, -0.2) is 8.42 Å². The van der Waals surface area contributed by atoms with Crippen LogP contribution in [-0.4, -0.2) is 41.9 Å². The van der Waals surface area contributed by atoms with Gasteiger partial charge >= 0.3 is 0 Å². The summed E-state index contributed by atoms with van der Waals surface area (Å²) in [6.45, 7) is 0. The van der Waals surface area contributed by atoms with Crippen LogP contribution in [0.25, 0.3) is 11.0 Å². The predicted molar refractivity (Wildman–Crippen MR) is 103 cm³/mol. The zero-order valence-corrected chi connectivity index (χ0v) is 15.7. The van der Waals surface area contributed by atoms with E-state index in [9.17, 15) is 8.42 Å². The van der Waals surface area contributed by atoms with Crippen molar-refractivity contribution < 1.29 is 13.2 Å². The molecular formula is C19H18N4O3S. The standard InChI is InChI=1S/C19H18N4O3S/c1-26-19-6-4-3-5-14(19)16-12-18(23(22-16)27(2,24)25)13-7-8-15-17(11-13)21-10-9-20-15/h3-11,18H,12H2,1-2H3/t18-/m1/s1. The van der Waals surface area contributed by atoms with Crippen LogP contribution in [0.1, 0.15) is 23.6 Å². The van der Waals surface area contributed by atoms with Crippen LogP contribution in [-0.2, 0) is 10.0 Å². The molecule has 0 saturated carbocycles. The molecule has 2 heterocycles. The summed E-state index contributed by atoms with van der Waals surface area (Å²) >= 11 is 0. The first kappa shape index (κ1) is 17.4. The predicted octanol–water partition coefficient (Wildman–Crippen LogP) is 2.75. The first-order valence-corrected chi connectivity index (χ1v) is 10.2. The van der Waals surface area contributed by atoms with E-state index in [0.717, 1.165) is 22.9 Å². The Morgan fingerprint density at radius 1 is 1.07 bits per heavy atom. The van der Waals surface area contributed by atoms with Gasteiger partial charge in [-0.2, -0.15) is 9.52 Å². The minimum absolute atomic E-state index is 0.439. The van der Waals surface area contributed by atoms with Gasteiger partial charge in [0, 0.05) is 24.4 Å². The monoisotopic (exact) mass is 382 g/mol. The number of hydrogen-bond acceptors (Lipinski definition) is 6. The van der Waals surface area contributed by atoms with Crippen LogP contribution in [0.4, 0.5) is 0 Å². The molecule has 7 nitrogen and oxygen atoms in total. The molecule has 0 radical (unpaired) electrons. The minimum atomic E-state index is -3.54. The molecule has 0 fully saturated rings. The Balaban J connectivity index is 1.79. The molecule has 1 aliphatic rings. The molecule has 0 bridgehead atoms. The molecule has 0 amide bonds. The minimum Gasteiger partial charge on any atom is -0.496 e. The average molecular weight is 382 g/mol. The number of para-hydroxylation sites is 1. The largest absolute Gasteiger partial charge is 0.496 e. The van der Waals surface area contributed by atoms with Crippen LogP contribution in [0.2, 0.25) is 0 Å². The molecule has 27 heavy (non-hydrogen) atoms. The summed E-state index contributed by atoms with van der Waals surface area (Å²) in [7, 11) is -1.96. The number of hydrogen-bond donors (Lipinski definition) is 0. The Kier molecular flexibility index (Phi) is 4.27. The molecule has 8 heteroatoms. The highest BCUT2D eigenvalue weighted by Crippen LogP contribution is 2.37. The molecule has 2 aromatic carbocycles. The Hall–Kier alpha value is -3.00. The Morgan fingerprint density at radius 2 is 1.81 bits per heavy atom. The highest BCUT2D eigenvalue weighted by Gasteiger charge is 2.35. The third-order valence-corrected chi connectivity index (χ3v) is 5.52. The van der Waals surface area contributed by atoms with Crippen molar-refractivity contribution in [3.05, 3.63) is 66.0 Å². The summed E-state index contributed by atoms with van der Waals surface area (Å²) in [6, 6.07) is 12.6. The summed E-state index contributed by atoms with van der Waals surface area (Å²) < 4.78 is 31.3. The van der Waals surface area contributed by atoms with Gasteiger partial charge in [0.2, 0.25) is 10.0 Å². The van der Waals surface area contributed by atoms with Gasteiger partial charge in [-0.3, -0.25) is 9.97 Å². The molecule has 1 aliphatic heterocycles. The first-order chi connectivity index (χ1) is 13.0. The van der Waals surface area contributed by atoms with Gasteiger partial charge in [0.05, 0.1) is 36.2 Å². The van der Waals surface area contributed by atoms with Crippen molar-refractivity contribution in [3.63, 3.8) is 0 Å². The number of rotatable bonds is 4. The van der Waals surface area contributed by atoms with Gasteiger partial charge < -0.3 is 4.74 Å². The van der Waals surface area contributed by atoms with Gasteiger partial charge in [0.15, 0.2) is 0 Å². The molecule has 4 rings (SSSR count). The van der Waals surface area contributed by atoms with E-state index in [4.69, 9.17) is 4.74 Å². The van der Waals surface area contributed by atoms with Gasteiger partial charge in [0.1, 0.15) is 5.75 Å². The maximum Gasteiger partial charge on any atom is 0.247 e. The van der Waals surface area contributed by atoms with Crippen LogP contribution in [0.3, 0.4) is 0 Å². The molecule has 0 saturated heterocycles. The number of aromatic nitrogens is 2. The normalized spacial score (nSPS) is 17.2. The number of hydrazone groups is 1. The first-order valence-electron chi connectivity index (χ1n) is 8.38.